The van der Waals surface area contributed by atoms with Gasteiger partial charge in [-0.1, -0.05) is 13.8 Å². The van der Waals surface area contributed by atoms with Crippen LogP contribution in [0, 0.1) is 5.92 Å². The van der Waals surface area contributed by atoms with Crippen LogP contribution in [0.5, 0.6) is 0 Å². The Morgan fingerprint density at radius 1 is 1.67 bits per heavy atom. The van der Waals surface area contributed by atoms with Gasteiger partial charge in [-0.05, 0) is 20.3 Å². The van der Waals surface area contributed by atoms with Gasteiger partial charge in [-0.3, -0.25) is 4.79 Å². The van der Waals surface area contributed by atoms with Crippen molar-refractivity contribution in [3.63, 3.8) is 0 Å². The first kappa shape index (κ1) is 12.5. The zero-order valence-electron chi connectivity index (χ0n) is 9.82. The maximum Gasteiger partial charge on any atom is 0.309 e. The van der Waals surface area contributed by atoms with Crippen molar-refractivity contribution in [2.24, 2.45) is 5.92 Å². The first-order chi connectivity index (χ1) is 6.85. The molecule has 1 heterocycles. The van der Waals surface area contributed by atoms with Gasteiger partial charge in [-0.25, -0.2) is 0 Å². The van der Waals surface area contributed by atoms with Gasteiger partial charge in [-0.2, -0.15) is 0 Å². The average molecular weight is 216 g/mol. The lowest BCUT2D eigenvalue weighted by molar-refractivity contribution is -0.178. The van der Waals surface area contributed by atoms with Crippen LogP contribution in [0.1, 0.15) is 40.5 Å². The molecule has 1 rings (SSSR count). The minimum atomic E-state index is -0.993. The molecule has 1 aliphatic rings. The third-order valence-corrected chi connectivity index (χ3v) is 2.73. The number of hydrogen-bond donors (Lipinski definition) is 1. The molecule has 15 heavy (non-hydrogen) atoms. The van der Waals surface area contributed by atoms with Crippen LogP contribution in [0.4, 0.5) is 0 Å². The molecule has 0 amide bonds. The molecular formula is C11H20O4. The number of rotatable bonds is 3. The number of carbonyl (C=O) groups excluding carboxylic acids is 1. The second-order valence-corrected chi connectivity index (χ2v) is 4.76. The molecule has 1 N–H and O–H groups in total. The smallest absolute Gasteiger partial charge is 0.309 e. The van der Waals surface area contributed by atoms with Crippen LogP contribution in [-0.4, -0.2) is 29.1 Å². The van der Waals surface area contributed by atoms with Crippen LogP contribution in [0.15, 0.2) is 0 Å². The Kier molecular flexibility index (Phi) is 3.73. The minimum absolute atomic E-state index is 0.124. The maximum absolute atomic E-state index is 11.5. The van der Waals surface area contributed by atoms with Crippen molar-refractivity contribution >= 4 is 5.97 Å². The molecule has 0 bridgehead atoms. The molecule has 0 radical (unpaired) electrons. The molecule has 0 aromatic carbocycles. The van der Waals surface area contributed by atoms with E-state index in [1.165, 1.54) is 0 Å². The zero-order chi connectivity index (χ0) is 11.6. The van der Waals surface area contributed by atoms with E-state index in [1.807, 2.05) is 27.7 Å². The number of aliphatic hydroxyl groups excluding tert-OH is 1. The zero-order valence-corrected chi connectivity index (χ0v) is 9.82. The highest BCUT2D eigenvalue weighted by Crippen LogP contribution is 2.31. The lowest BCUT2D eigenvalue weighted by Crippen LogP contribution is -2.29. The van der Waals surface area contributed by atoms with Crippen LogP contribution in [0.2, 0.25) is 0 Å². The molecule has 1 saturated heterocycles. The van der Waals surface area contributed by atoms with Gasteiger partial charge in [-0.15, -0.1) is 0 Å². The van der Waals surface area contributed by atoms with Gasteiger partial charge in [0.1, 0.15) is 0 Å². The summed E-state index contributed by atoms with van der Waals surface area (Å²) < 4.78 is 10.5. The van der Waals surface area contributed by atoms with Gasteiger partial charge in [0, 0.05) is 6.42 Å². The standard InChI is InChI=1S/C11H20O4/c1-5-7(2)9(12)14-8-6-11(3,4)15-10(8)13/h7-8,10,13H,5-6H2,1-4H3. The van der Waals surface area contributed by atoms with E-state index in [2.05, 4.69) is 0 Å². The summed E-state index contributed by atoms with van der Waals surface area (Å²) >= 11 is 0. The third kappa shape index (κ3) is 3.18. The first-order valence-corrected chi connectivity index (χ1v) is 5.42. The maximum atomic E-state index is 11.5. The van der Waals surface area contributed by atoms with Crippen LogP contribution < -0.4 is 0 Å². The predicted octanol–water partition coefficient (Wildman–Crippen LogP) is 1.46. The van der Waals surface area contributed by atoms with Gasteiger partial charge >= 0.3 is 5.97 Å². The van der Waals surface area contributed by atoms with Crippen molar-refractivity contribution < 1.29 is 19.4 Å². The van der Waals surface area contributed by atoms with E-state index in [0.717, 1.165) is 6.42 Å². The number of hydrogen-bond acceptors (Lipinski definition) is 4. The van der Waals surface area contributed by atoms with Crippen LogP contribution in [-0.2, 0) is 14.3 Å². The Balaban J connectivity index is 2.50. The Morgan fingerprint density at radius 2 is 2.27 bits per heavy atom. The molecule has 0 aromatic heterocycles. The Labute approximate surface area is 90.6 Å². The molecule has 4 nitrogen and oxygen atoms in total. The molecule has 0 aromatic rings. The summed E-state index contributed by atoms with van der Waals surface area (Å²) in [6, 6.07) is 0. The summed E-state index contributed by atoms with van der Waals surface area (Å²) in [5.74, 6) is -0.385. The van der Waals surface area contributed by atoms with Crippen LogP contribution in [0.25, 0.3) is 0 Å². The summed E-state index contributed by atoms with van der Waals surface area (Å²) in [5, 5.41) is 9.53. The summed E-state index contributed by atoms with van der Waals surface area (Å²) in [6.45, 7) is 7.48. The van der Waals surface area contributed by atoms with Crippen LogP contribution in [0.3, 0.4) is 0 Å². The van der Waals surface area contributed by atoms with Crippen molar-refractivity contribution in [3.05, 3.63) is 0 Å². The number of carbonyl (C=O) groups is 1. The molecule has 3 unspecified atom stereocenters. The fourth-order valence-corrected chi connectivity index (χ4v) is 1.57. The van der Waals surface area contributed by atoms with E-state index in [9.17, 15) is 9.90 Å². The van der Waals surface area contributed by atoms with E-state index in [0.29, 0.717) is 6.42 Å². The van der Waals surface area contributed by atoms with E-state index >= 15 is 0 Å². The van der Waals surface area contributed by atoms with Crippen molar-refractivity contribution in [3.8, 4) is 0 Å². The fourth-order valence-electron chi connectivity index (χ4n) is 1.57. The van der Waals surface area contributed by atoms with Crippen LogP contribution >= 0.6 is 0 Å². The van der Waals surface area contributed by atoms with E-state index in [1.54, 1.807) is 0 Å². The van der Waals surface area contributed by atoms with Gasteiger partial charge in [0.05, 0.1) is 11.5 Å². The van der Waals surface area contributed by atoms with E-state index < -0.39 is 18.0 Å². The van der Waals surface area contributed by atoms with Gasteiger partial charge < -0.3 is 14.6 Å². The molecule has 0 saturated carbocycles. The molecule has 1 fully saturated rings. The summed E-state index contributed by atoms with van der Waals surface area (Å²) in [6.07, 6.45) is -0.239. The van der Waals surface area contributed by atoms with Crippen molar-refractivity contribution in [2.75, 3.05) is 0 Å². The van der Waals surface area contributed by atoms with E-state index in [4.69, 9.17) is 9.47 Å². The highest BCUT2D eigenvalue weighted by molar-refractivity contribution is 5.72. The molecule has 88 valence electrons. The Morgan fingerprint density at radius 3 is 2.67 bits per heavy atom. The van der Waals surface area contributed by atoms with Gasteiger partial charge in [0.2, 0.25) is 0 Å². The summed E-state index contributed by atoms with van der Waals surface area (Å²) in [4.78, 5) is 11.5. The fraction of sp³-hybridized carbons (Fsp3) is 0.909. The largest absolute Gasteiger partial charge is 0.457 e. The van der Waals surface area contributed by atoms with Gasteiger partial charge in [0.15, 0.2) is 12.4 Å². The quantitative estimate of drug-likeness (QED) is 0.726. The second-order valence-electron chi connectivity index (χ2n) is 4.76. The molecule has 4 heteroatoms. The molecule has 3 atom stereocenters. The van der Waals surface area contributed by atoms with Crippen molar-refractivity contribution in [2.45, 2.75) is 58.5 Å². The van der Waals surface area contributed by atoms with Crippen molar-refractivity contribution in [1.29, 1.82) is 0 Å². The second kappa shape index (κ2) is 4.49. The van der Waals surface area contributed by atoms with E-state index in [-0.39, 0.29) is 11.9 Å². The monoisotopic (exact) mass is 216 g/mol. The molecule has 0 spiro atoms. The normalized spacial score (nSPS) is 31.3. The number of esters is 1. The topological polar surface area (TPSA) is 55.8 Å². The lowest BCUT2D eigenvalue weighted by Gasteiger charge is -2.16. The predicted molar refractivity (Wildman–Crippen MR) is 55.1 cm³/mol. The molecular weight excluding hydrogens is 196 g/mol. The minimum Gasteiger partial charge on any atom is -0.457 e. The van der Waals surface area contributed by atoms with Crippen molar-refractivity contribution in [1.82, 2.24) is 0 Å². The average Bonchev–Trinajstić information content (AvgIpc) is 2.38. The lowest BCUT2D eigenvalue weighted by atomic mass is 10.0. The third-order valence-electron chi connectivity index (χ3n) is 2.73. The SMILES string of the molecule is CCC(C)C(=O)OC1CC(C)(C)OC1O. The Hall–Kier alpha value is -0.610. The first-order valence-electron chi connectivity index (χ1n) is 5.42. The number of aliphatic hydroxyl groups is 1. The Bertz CT molecular complexity index is 237. The molecule has 1 aliphatic heterocycles. The van der Waals surface area contributed by atoms with Gasteiger partial charge in [0.25, 0.3) is 0 Å². The molecule has 0 aliphatic carbocycles. The summed E-state index contributed by atoms with van der Waals surface area (Å²) in [7, 11) is 0. The summed E-state index contributed by atoms with van der Waals surface area (Å²) in [5.41, 5.74) is -0.417. The highest BCUT2D eigenvalue weighted by Gasteiger charge is 2.41. The number of ether oxygens (including phenoxy) is 2. The highest BCUT2D eigenvalue weighted by atomic mass is 16.7.